The van der Waals surface area contributed by atoms with Gasteiger partial charge in [-0.05, 0) is 18.2 Å². The van der Waals surface area contributed by atoms with Gasteiger partial charge >= 0.3 is 0 Å². The van der Waals surface area contributed by atoms with Crippen molar-refractivity contribution in [3.05, 3.63) is 94.2 Å². The first-order chi connectivity index (χ1) is 13.0. The van der Waals surface area contributed by atoms with Crippen molar-refractivity contribution in [2.45, 2.75) is 13.0 Å². The summed E-state index contributed by atoms with van der Waals surface area (Å²) in [5.41, 5.74) is 1.64. The molecule has 3 rings (SSSR count). The number of ketones is 1. The van der Waals surface area contributed by atoms with E-state index in [0.717, 1.165) is 0 Å². The Labute approximate surface area is 167 Å². The summed E-state index contributed by atoms with van der Waals surface area (Å²) in [5, 5.41) is 3.67. The van der Waals surface area contributed by atoms with Crippen molar-refractivity contribution in [3.8, 4) is 0 Å². The molecule has 0 saturated carbocycles. The Balaban J connectivity index is 1.73. The Hall–Kier alpha value is -2.69. The van der Waals surface area contributed by atoms with Gasteiger partial charge in [0, 0.05) is 35.2 Å². The van der Waals surface area contributed by atoms with E-state index in [1.165, 1.54) is 0 Å². The Kier molecular flexibility index (Phi) is 5.89. The minimum atomic E-state index is -0.499. The van der Waals surface area contributed by atoms with Gasteiger partial charge in [-0.25, -0.2) is 0 Å². The molecule has 0 unspecified atom stereocenters. The Morgan fingerprint density at radius 1 is 0.926 bits per heavy atom. The van der Waals surface area contributed by atoms with Gasteiger partial charge in [-0.1, -0.05) is 53.5 Å². The van der Waals surface area contributed by atoms with Crippen LogP contribution in [0.5, 0.6) is 0 Å². The van der Waals surface area contributed by atoms with Gasteiger partial charge in [-0.15, -0.1) is 0 Å². The van der Waals surface area contributed by atoms with Gasteiger partial charge in [0.05, 0.1) is 10.7 Å². The summed E-state index contributed by atoms with van der Waals surface area (Å²) in [5.74, 6) is -0.308. The second kappa shape index (κ2) is 8.33. The largest absolute Gasteiger partial charge is 0.319 e. The molecule has 27 heavy (non-hydrogen) atoms. The molecule has 0 aliphatic carbocycles. The van der Waals surface area contributed by atoms with Crippen LogP contribution in [0.1, 0.15) is 28.9 Å². The maximum Gasteiger partial charge on any atom is 0.293 e. The van der Waals surface area contributed by atoms with E-state index in [4.69, 9.17) is 23.2 Å². The van der Waals surface area contributed by atoms with Gasteiger partial charge in [-0.3, -0.25) is 9.59 Å². The highest BCUT2D eigenvalue weighted by atomic mass is 35.5. The first kappa shape index (κ1) is 19.1. The number of nitrogens with zero attached hydrogens (tertiary/aromatic N) is 1. The number of anilines is 1. The zero-order chi connectivity index (χ0) is 19.4. The van der Waals surface area contributed by atoms with Gasteiger partial charge in [0.15, 0.2) is 18.2 Å². The molecule has 3 aromatic rings. The minimum absolute atomic E-state index is 0.0643. The quantitative estimate of drug-likeness (QED) is 0.498. The average Bonchev–Trinajstić information content (AvgIpc) is 2.70. The summed E-state index contributed by atoms with van der Waals surface area (Å²) in [6.45, 7) is 1.76. The first-order valence-corrected chi connectivity index (χ1v) is 9.08. The minimum Gasteiger partial charge on any atom is -0.319 e. The fourth-order valence-electron chi connectivity index (χ4n) is 2.57. The second-order valence-electron chi connectivity index (χ2n) is 6.02. The number of carbonyl (C=O) groups is 2. The number of benzene rings is 2. The van der Waals surface area contributed by atoms with Crippen LogP contribution in [0.2, 0.25) is 10.0 Å². The summed E-state index contributed by atoms with van der Waals surface area (Å²) in [4.78, 5) is 25.0. The molecule has 0 aliphatic heterocycles. The molecule has 1 aromatic heterocycles. The molecule has 0 radical (unpaired) electrons. The van der Waals surface area contributed by atoms with E-state index < -0.39 is 6.04 Å². The lowest BCUT2D eigenvalue weighted by Gasteiger charge is -2.10. The molecule has 1 amide bonds. The fraction of sp³-hybridized carbons (Fsp3) is 0.0952. The van der Waals surface area contributed by atoms with Crippen molar-refractivity contribution >= 4 is 40.6 Å². The average molecular weight is 400 g/mol. The molecule has 136 valence electrons. The summed E-state index contributed by atoms with van der Waals surface area (Å²) < 4.78 is 1.72. The van der Waals surface area contributed by atoms with Crippen LogP contribution in [0.4, 0.5) is 5.69 Å². The second-order valence-corrected chi connectivity index (χ2v) is 6.86. The monoisotopic (exact) mass is 399 g/mol. The highest BCUT2D eigenvalue weighted by Gasteiger charge is 2.23. The molecular formula is C21H17Cl2N2O2+. The van der Waals surface area contributed by atoms with E-state index in [1.807, 2.05) is 18.2 Å². The number of carbonyl (C=O) groups excluding carboxylic acids is 2. The topological polar surface area (TPSA) is 50.1 Å². The van der Waals surface area contributed by atoms with Crippen molar-refractivity contribution < 1.29 is 14.2 Å². The van der Waals surface area contributed by atoms with Crippen molar-refractivity contribution in [3.63, 3.8) is 0 Å². The highest BCUT2D eigenvalue weighted by Crippen LogP contribution is 2.25. The standard InChI is InChI=1S/C21H16Cl2N2O2/c1-14(21(27)24-19-13-17(22)7-8-18(19)23)25-11-9-16(10-12-25)20(26)15-5-3-2-4-6-15/h2-14H,1H3/p+1/t14-/m1/s1. The normalized spacial score (nSPS) is 11.7. The van der Waals surface area contributed by atoms with Gasteiger partial charge in [-0.2, -0.15) is 4.57 Å². The van der Waals surface area contributed by atoms with E-state index in [1.54, 1.807) is 66.3 Å². The van der Waals surface area contributed by atoms with Crippen LogP contribution in [0, 0.1) is 0 Å². The van der Waals surface area contributed by atoms with Gasteiger partial charge < -0.3 is 5.32 Å². The summed E-state index contributed by atoms with van der Waals surface area (Å²) in [6.07, 6.45) is 3.42. The molecule has 2 aromatic carbocycles. The van der Waals surface area contributed by atoms with Crippen molar-refractivity contribution in [1.29, 1.82) is 0 Å². The van der Waals surface area contributed by atoms with Gasteiger partial charge in [0.1, 0.15) is 0 Å². The zero-order valence-corrected chi connectivity index (χ0v) is 16.0. The number of halogens is 2. The lowest BCUT2D eigenvalue weighted by Crippen LogP contribution is -2.44. The Morgan fingerprint density at radius 2 is 1.56 bits per heavy atom. The third kappa shape index (κ3) is 4.54. The number of aromatic nitrogens is 1. The van der Waals surface area contributed by atoms with E-state index >= 15 is 0 Å². The number of amides is 1. The van der Waals surface area contributed by atoms with Crippen molar-refractivity contribution in [1.82, 2.24) is 0 Å². The molecular weight excluding hydrogens is 383 g/mol. The number of hydrogen-bond acceptors (Lipinski definition) is 2. The molecule has 1 N–H and O–H groups in total. The number of pyridine rings is 1. The van der Waals surface area contributed by atoms with Crippen LogP contribution >= 0.6 is 23.2 Å². The van der Waals surface area contributed by atoms with Crippen LogP contribution in [0.15, 0.2) is 73.1 Å². The molecule has 4 nitrogen and oxygen atoms in total. The smallest absolute Gasteiger partial charge is 0.293 e. The SMILES string of the molecule is C[C@H](C(=O)Nc1cc(Cl)ccc1Cl)[n+]1ccc(C(=O)c2ccccc2)cc1. The summed E-state index contributed by atoms with van der Waals surface area (Å²) in [7, 11) is 0. The highest BCUT2D eigenvalue weighted by molar-refractivity contribution is 6.35. The number of rotatable bonds is 5. The van der Waals surface area contributed by atoms with Gasteiger partial charge in [0.25, 0.3) is 5.91 Å². The van der Waals surface area contributed by atoms with Crippen LogP contribution < -0.4 is 9.88 Å². The molecule has 1 atom stereocenters. The molecule has 0 bridgehead atoms. The fourth-order valence-corrected chi connectivity index (χ4v) is 2.91. The van der Waals surface area contributed by atoms with E-state index in [2.05, 4.69) is 5.32 Å². The zero-order valence-electron chi connectivity index (χ0n) is 14.5. The predicted molar refractivity (Wildman–Crippen MR) is 106 cm³/mol. The molecule has 0 spiro atoms. The van der Waals surface area contributed by atoms with Crippen LogP contribution in [0.25, 0.3) is 0 Å². The number of nitrogens with one attached hydrogen (secondary N) is 1. The molecule has 1 heterocycles. The van der Waals surface area contributed by atoms with Crippen LogP contribution in [-0.4, -0.2) is 11.7 Å². The van der Waals surface area contributed by atoms with E-state index in [9.17, 15) is 9.59 Å². The predicted octanol–water partition coefficient (Wildman–Crippen LogP) is 4.71. The van der Waals surface area contributed by atoms with E-state index in [0.29, 0.717) is 26.9 Å². The summed E-state index contributed by atoms with van der Waals surface area (Å²) in [6, 6.07) is 16.8. The molecule has 0 fully saturated rings. The lowest BCUT2D eigenvalue weighted by molar-refractivity contribution is -0.705. The molecule has 6 heteroatoms. The molecule has 0 aliphatic rings. The van der Waals surface area contributed by atoms with Gasteiger partial charge in [0.2, 0.25) is 6.04 Å². The van der Waals surface area contributed by atoms with Crippen molar-refractivity contribution in [2.24, 2.45) is 0 Å². The number of hydrogen-bond donors (Lipinski definition) is 1. The molecule has 0 saturated heterocycles. The van der Waals surface area contributed by atoms with Crippen molar-refractivity contribution in [2.75, 3.05) is 5.32 Å². The third-order valence-corrected chi connectivity index (χ3v) is 4.73. The Bertz CT molecular complexity index is 973. The maximum atomic E-state index is 12.5. The maximum absolute atomic E-state index is 12.5. The lowest BCUT2D eigenvalue weighted by atomic mass is 10.0. The Morgan fingerprint density at radius 3 is 2.22 bits per heavy atom. The van der Waals surface area contributed by atoms with Crippen LogP contribution in [-0.2, 0) is 4.79 Å². The van der Waals surface area contributed by atoms with E-state index in [-0.39, 0.29) is 11.7 Å². The third-order valence-electron chi connectivity index (χ3n) is 4.16. The van der Waals surface area contributed by atoms with Crippen LogP contribution in [0.3, 0.4) is 0 Å². The summed E-state index contributed by atoms with van der Waals surface area (Å²) >= 11 is 12.0. The first-order valence-electron chi connectivity index (χ1n) is 8.32.